The molecule has 0 bridgehead atoms. The SMILES string of the molecule is Cn1cc(NC(=O)CCCOc2cc3c(cc2CO)C(=O)N2CCCC[C@H]2C=N3)cc1C(=O)Cc1ccc2sc(C(=O)CO)cc2c1. The van der Waals surface area contributed by atoms with Gasteiger partial charge in [-0.25, -0.2) is 0 Å². The smallest absolute Gasteiger partial charge is 0.256 e. The van der Waals surface area contributed by atoms with Gasteiger partial charge in [0.1, 0.15) is 12.4 Å². The van der Waals surface area contributed by atoms with Crippen LogP contribution < -0.4 is 10.1 Å². The first-order valence-electron chi connectivity index (χ1n) is 15.7. The number of anilines is 1. The minimum atomic E-state index is -0.543. The second kappa shape index (κ2) is 14.0. The summed E-state index contributed by atoms with van der Waals surface area (Å²) in [7, 11) is 1.74. The number of aliphatic hydroxyl groups is 2. The van der Waals surface area contributed by atoms with E-state index in [1.165, 1.54) is 11.3 Å². The third-order valence-electron chi connectivity index (χ3n) is 8.52. The fourth-order valence-electron chi connectivity index (χ4n) is 6.08. The lowest BCUT2D eigenvalue weighted by Gasteiger charge is -2.32. The van der Waals surface area contributed by atoms with Gasteiger partial charge in [0.15, 0.2) is 11.6 Å². The van der Waals surface area contributed by atoms with E-state index in [4.69, 9.17) is 9.84 Å². The fraction of sp³-hybridized carbons (Fsp3) is 0.343. The Kier molecular flexibility index (Phi) is 9.62. The number of aliphatic imine (C=N–C) groups is 1. The van der Waals surface area contributed by atoms with E-state index >= 15 is 0 Å². The quantitative estimate of drug-likeness (QED) is 0.146. The van der Waals surface area contributed by atoms with Crippen molar-refractivity contribution in [2.45, 2.75) is 51.2 Å². The first-order valence-corrected chi connectivity index (χ1v) is 16.5. The molecule has 0 unspecified atom stereocenters. The van der Waals surface area contributed by atoms with Crippen LogP contribution in [0.3, 0.4) is 0 Å². The lowest BCUT2D eigenvalue weighted by Crippen LogP contribution is -2.43. The van der Waals surface area contributed by atoms with Crippen molar-refractivity contribution in [3.05, 3.63) is 75.9 Å². The summed E-state index contributed by atoms with van der Waals surface area (Å²) in [4.78, 5) is 57.8. The molecule has 244 valence electrons. The van der Waals surface area contributed by atoms with Gasteiger partial charge in [-0.3, -0.25) is 24.2 Å². The molecule has 2 aliphatic rings. The highest BCUT2D eigenvalue weighted by Crippen LogP contribution is 2.34. The Morgan fingerprint density at radius 2 is 1.94 bits per heavy atom. The molecular formula is C35H36N4O7S. The molecule has 4 heterocycles. The average molecular weight is 657 g/mol. The van der Waals surface area contributed by atoms with Gasteiger partial charge in [0.05, 0.1) is 46.8 Å². The second-order valence-corrected chi connectivity index (χ2v) is 12.9. The van der Waals surface area contributed by atoms with Crippen molar-refractivity contribution in [2.24, 2.45) is 12.0 Å². The zero-order chi connectivity index (χ0) is 33.1. The number of aliphatic hydroxyl groups excluding tert-OH is 2. The van der Waals surface area contributed by atoms with Crippen LogP contribution in [-0.4, -0.2) is 75.1 Å². The van der Waals surface area contributed by atoms with Crippen LogP contribution in [0.25, 0.3) is 10.1 Å². The van der Waals surface area contributed by atoms with Crippen molar-refractivity contribution in [1.29, 1.82) is 0 Å². The molecule has 2 aromatic heterocycles. The number of amides is 2. The number of nitrogens with one attached hydrogen (secondary N) is 1. The maximum atomic E-state index is 13.2. The van der Waals surface area contributed by atoms with Gasteiger partial charge in [-0.15, -0.1) is 11.3 Å². The first-order chi connectivity index (χ1) is 22.7. The molecule has 3 N–H and O–H groups in total. The summed E-state index contributed by atoms with van der Waals surface area (Å²) >= 11 is 1.31. The Labute approximate surface area is 275 Å². The largest absolute Gasteiger partial charge is 0.493 e. The van der Waals surface area contributed by atoms with Gasteiger partial charge in [0.2, 0.25) is 5.91 Å². The highest BCUT2D eigenvalue weighted by atomic mass is 32.1. The summed E-state index contributed by atoms with van der Waals surface area (Å²) in [6, 6.07) is 12.3. The Balaban J connectivity index is 1.02. The van der Waals surface area contributed by atoms with E-state index < -0.39 is 6.61 Å². The molecule has 11 nitrogen and oxygen atoms in total. The number of piperidine rings is 1. The summed E-state index contributed by atoms with van der Waals surface area (Å²) in [5.41, 5.74) is 3.21. The third kappa shape index (κ3) is 7.04. The summed E-state index contributed by atoms with van der Waals surface area (Å²) in [5.74, 6) is -0.340. The minimum Gasteiger partial charge on any atom is -0.493 e. The third-order valence-corrected chi connectivity index (χ3v) is 9.68. The standard InChI is InChI=1S/C35H36N4O7S/c1-38-18-24(15-28(38)29(42)12-21-7-8-32-22(11-21)14-33(47-32)30(43)20-41)37-34(44)6-4-10-46-31-16-27-26(13-23(31)19-40)35(45)39-9-3-2-5-25(39)17-36-27/h7-8,11,13-18,25,40-41H,2-6,9-10,12,19-20H2,1H3,(H,37,44)/t25-/m0/s1. The summed E-state index contributed by atoms with van der Waals surface area (Å²) in [6.45, 7) is 0.0654. The van der Waals surface area contributed by atoms with Crippen LogP contribution in [0, 0.1) is 0 Å². The molecule has 0 radical (unpaired) electrons. The van der Waals surface area contributed by atoms with E-state index in [0.717, 1.165) is 34.9 Å². The van der Waals surface area contributed by atoms with Gasteiger partial charge < -0.3 is 29.7 Å². The van der Waals surface area contributed by atoms with E-state index in [9.17, 15) is 24.3 Å². The number of carbonyl (C=O) groups excluding carboxylic acids is 4. The van der Waals surface area contributed by atoms with E-state index in [0.29, 0.717) is 51.8 Å². The second-order valence-electron chi connectivity index (χ2n) is 11.9. The molecule has 0 saturated carbocycles. The maximum Gasteiger partial charge on any atom is 0.256 e. The summed E-state index contributed by atoms with van der Waals surface area (Å²) in [5, 5.41) is 22.8. The van der Waals surface area contributed by atoms with Crippen LogP contribution in [-0.2, 0) is 24.9 Å². The number of ketones is 2. The van der Waals surface area contributed by atoms with Gasteiger partial charge in [-0.1, -0.05) is 6.07 Å². The predicted octanol–water partition coefficient (Wildman–Crippen LogP) is 4.84. The van der Waals surface area contributed by atoms with Crippen molar-refractivity contribution in [3.63, 3.8) is 0 Å². The number of aromatic nitrogens is 1. The highest BCUT2D eigenvalue weighted by molar-refractivity contribution is 7.20. The Hall–Kier alpha value is -4.65. The van der Waals surface area contributed by atoms with E-state index in [1.54, 1.807) is 42.1 Å². The van der Waals surface area contributed by atoms with Gasteiger partial charge in [0.25, 0.3) is 5.91 Å². The Morgan fingerprint density at radius 1 is 1.09 bits per heavy atom. The number of fused-ring (bicyclic) bond motifs is 3. The van der Waals surface area contributed by atoms with Crippen molar-refractivity contribution in [2.75, 3.05) is 25.1 Å². The number of Topliss-reactive ketones (excluding diaryl/α,β-unsaturated/α-hetero) is 2. The monoisotopic (exact) mass is 656 g/mol. The fourth-order valence-corrected chi connectivity index (χ4v) is 7.05. The van der Waals surface area contributed by atoms with Crippen LogP contribution in [0.4, 0.5) is 11.4 Å². The number of carbonyl (C=O) groups is 4. The number of aryl methyl sites for hydroxylation is 1. The van der Waals surface area contributed by atoms with Crippen LogP contribution in [0.5, 0.6) is 5.75 Å². The zero-order valence-corrected chi connectivity index (χ0v) is 26.8. The van der Waals surface area contributed by atoms with Crippen LogP contribution >= 0.6 is 11.3 Å². The van der Waals surface area contributed by atoms with E-state index in [2.05, 4.69) is 10.3 Å². The average Bonchev–Trinajstić information content (AvgIpc) is 3.63. The Morgan fingerprint density at radius 3 is 2.74 bits per heavy atom. The van der Waals surface area contributed by atoms with Gasteiger partial charge in [0, 0.05) is 55.2 Å². The normalized spacial score (nSPS) is 15.7. The molecular weight excluding hydrogens is 620 g/mol. The molecule has 0 spiro atoms. The van der Waals surface area contributed by atoms with Gasteiger partial charge in [-0.2, -0.15) is 0 Å². The lowest BCUT2D eigenvalue weighted by molar-refractivity contribution is -0.116. The molecule has 1 atom stereocenters. The molecule has 0 aliphatic carbocycles. The molecule has 12 heteroatoms. The molecule has 47 heavy (non-hydrogen) atoms. The molecule has 1 fully saturated rings. The number of hydrogen-bond acceptors (Lipinski definition) is 9. The predicted molar refractivity (Wildman–Crippen MR) is 179 cm³/mol. The van der Waals surface area contributed by atoms with Gasteiger partial charge in [-0.05, 0) is 67.0 Å². The van der Waals surface area contributed by atoms with Crippen LogP contribution in [0.2, 0.25) is 0 Å². The van der Waals surface area contributed by atoms with Crippen molar-refractivity contribution >= 4 is 62.4 Å². The molecule has 2 amide bonds. The topological polar surface area (TPSA) is 151 Å². The van der Waals surface area contributed by atoms with E-state index in [-0.39, 0.29) is 55.5 Å². The molecule has 2 aliphatic heterocycles. The Bertz CT molecular complexity index is 1890. The lowest BCUT2D eigenvalue weighted by atomic mass is 10.0. The highest BCUT2D eigenvalue weighted by Gasteiger charge is 2.31. The minimum absolute atomic E-state index is 0.0228. The number of rotatable bonds is 12. The number of hydrogen-bond donors (Lipinski definition) is 3. The molecule has 4 aromatic rings. The van der Waals surface area contributed by atoms with Crippen LogP contribution in [0.15, 0.2) is 53.7 Å². The van der Waals surface area contributed by atoms with Crippen molar-refractivity contribution in [3.8, 4) is 5.75 Å². The maximum absolute atomic E-state index is 13.2. The molecule has 2 aromatic carbocycles. The van der Waals surface area contributed by atoms with Crippen molar-refractivity contribution < 1.29 is 34.1 Å². The summed E-state index contributed by atoms with van der Waals surface area (Å²) < 4.78 is 8.51. The number of nitrogens with zero attached hydrogens (tertiary/aromatic N) is 3. The van der Waals surface area contributed by atoms with Crippen molar-refractivity contribution in [1.82, 2.24) is 9.47 Å². The zero-order valence-electron chi connectivity index (χ0n) is 26.0. The first kappa shape index (κ1) is 32.3. The number of benzene rings is 2. The summed E-state index contributed by atoms with van der Waals surface area (Å²) in [6.07, 6.45) is 7.13. The van der Waals surface area contributed by atoms with E-state index in [1.807, 2.05) is 29.3 Å². The van der Waals surface area contributed by atoms with Crippen LogP contribution in [0.1, 0.15) is 73.7 Å². The van der Waals surface area contributed by atoms with Gasteiger partial charge >= 0.3 is 0 Å². The number of ether oxygens (including phenoxy) is 1. The number of thiophene rings is 1. The molecule has 6 rings (SSSR count). The molecule has 1 saturated heterocycles.